The highest BCUT2D eigenvalue weighted by Crippen LogP contribution is 2.39. The number of rotatable bonds is 7. The number of para-hydroxylation sites is 1. The summed E-state index contributed by atoms with van der Waals surface area (Å²) in [5, 5.41) is 2.92. The van der Waals surface area contributed by atoms with Crippen LogP contribution in [0.3, 0.4) is 0 Å². The second kappa shape index (κ2) is 12.0. The van der Waals surface area contributed by atoms with E-state index in [0.29, 0.717) is 44.2 Å². The number of hydrogen-bond acceptors (Lipinski definition) is 5. The topological polar surface area (TPSA) is 104 Å². The van der Waals surface area contributed by atoms with Crippen molar-refractivity contribution in [3.8, 4) is 0 Å². The first-order valence-electron chi connectivity index (χ1n) is 12.7. The number of amides is 4. The molecule has 0 atom stereocenters. The summed E-state index contributed by atoms with van der Waals surface area (Å²) in [5.74, 6) is 0.667. The van der Waals surface area contributed by atoms with Gasteiger partial charge in [-0.3, -0.25) is 19.3 Å². The van der Waals surface area contributed by atoms with Crippen molar-refractivity contribution in [2.24, 2.45) is 5.92 Å². The molecule has 0 radical (unpaired) electrons. The molecule has 2 fully saturated rings. The molecule has 1 aromatic carbocycles. The third kappa shape index (κ3) is 6.20. The van der Waals surface area contributed by atoms with Gasteiger partial charge in [-0.05, 0) is 60.9 Å². The number of urea groups is 1. The molecule has 0 unspecified atom stereocenters. The van der Waals surface area contributed by atoms with Crippen LogP contribution in [0, 0.1) is 5.92 Å². The highest BCUT2D eigenvalue weighted by molar-refractivity contribution is 5.93. The normalized spacial score (nSPS) is 16.6. The molecule has 2 aliphatic rings. The third-order valence-electron chi connectivity index (χ3n) is 7.18. The molecule has 1 aliphatic carbocycles. The number of carbonyl (C=O) groups excluding carboxylic acids is 3. The SMILES string of the molecule is CONC(=O)N(Cc1ccnc(NC(=O)C2CCN(C(C)=O)CC2)c1)c1ccccc1C1CCCC1. The predicted octanol–water partition coefficient (Wildman–Crippen LogP) is 4.21. The summed E-state index contributed by atoms with van der Waals surface area (Å²) in [7, 11) is 1.42. The maximum Gasteiger partial charge on any atom is 0.346 e. The Morgan fingerprint density at radius 3 is 2.50 bits per heavy atom. The highest BCUT2D eigenvalue weighted by atomic mass is 16.6. The molecule has 0 spiro atoms. The number of carbonyl (C=O) groups is 3. The number of nitrogens with zero attached hydrogens (tertiary/aromatic N) is 3. The third-order valence-corrected chi connectivity index (χ3v) is 7.18. The lowest BCUT2D eigenvalue weighted by Crippen LogP contribution is -2.40. The van der Waals surface area contributed by atoms with Gasteiger partial charge in [-0.2, -0.15) is 0 Å². The van der Waals surface area contributed by atoms with E-state index in [9.17, 15) is 14.4 Å². The van der Waals surface area contributed by atoms with Gasteiger partial charge in [0.2, 0.25) is 11.8 Å². The van der Waals surface area contributed by atoms with Crippen LogP contribution in [0.2, 0.25) is 0 Å². The Bertz CT molecular complexity index is 1080. The van der Waals surface area contributed by atoms with E-state index in [0.717, 1.165) is 24.1 Å². The van der Waals surface area contributed by atoms with Gasteiger partial charge in [-0.25, -0.2) is 15.3 Å². The number of nitrogens with one attached hydrogen (secondary N) is 2. The standard InChI is InChI=1S/C27H35N5O4/c1-19(33)31-15-12-22(13-16-31)26(34)29-25-17-20(11-14-28-25)18-32(27(35)30-36-2)24-10-6-5-9-23(24)21-7-3-4-8-21/h5-6,9-11,14,17,21-22H,3-4,7-8,12-13,15-16,18H2,1-2H3,(H,30,35)(H,28,29,34). The van der Waals surface area contributed by atoms with E-state index >= 15 is 0 Å². The van der Waals surface area contributed by atoms with Gasteiger partial charge in [0.1, 0.15) is 5.82 Å². The van der Waals surface area contributed by atoms with Crippen LogP contribution in [0.5, 0.6) is 0 Å². The van der Waals surface area contributed by atoms with Gasteiger partial charge in [0.05, 0.1) is 13.7 Å². The zero-order valence-corrected chi connectivity index (χ0v) is 21.0. The Morgan fingerprint density at radius 2 is 1.81 bits per heavy atom. The average Bonchev–Trinajstić information content (AvgIpc) is 3.43. The first-order chi connectivity index (χ1) is 17.5. The summed E-state index contributed by atoms with van der Waals surface area (Å²) in [5.41, 5.74) is 5.32. The van der Waals surface area contributed by atoms with Crippen LogP contribution >= 0.6 is 0 Å². The molecule has 9 heteroatoms. The van der Waals surface area contributed by atoms with Crippen molar-refractivity contribution in [3.63, 3.8) is 0 Å². The Hall–Kier alpha value is -3.46. The van der Waals surface area contributed by atoms with Crippen LogP contribution in [-0.4, -0.2) is 47.9 Å². The van der Waals surface area contributed by atoms with E-state index in [1.54, 1.807) is 29.0 Å². The molecule has 2 aromatic rings. The van der Waals surface area contributed by atoms with Crippen LogP contribution in [0.1, 0.15) is 62.5 Å². The fourth-order valence-corrected chi connectivity index (χ4v) is 5.23. The molecular formula is C27H35N5O4. The molecule has 9 nitrogen and oxygen atoms in total. The minimum Gasteiger partial charge on any atom is -0.343 e. The van der Waals surface area contributed by atoms with Crippen LogP contribution in [0.15, 0.2) is 42.6 Å². The minimum atomic E-state index is -0.359. The molecule has 1 saturated heterocycles. The minimum absolute atomic E-state index is 0.0415. The molecule has 192 valence electrons. The Kier molecular flexibility index (Phi) is 8.53. The van der Waals surface area contributed by atoms with Crippen molar-refractivity contribution in [2.45, 2.75) is 57.9 Å². The molecule has 36 heavy (non-hydrogen) atoms. The maximum absolute atomic E-state index is 13.0. The van der Waals surface area contributed by atoms with E-state index in [-0.39, 0.29) is 23.8 Å². The van der Waals surface area contributed by atoms with Gasteiger partial charge >= 0.3 is 6.03 Å². The highest BCUT2D eigenvalue weighted by Gasteiger charge is 2.27. The zero-order chi connectivity index (χ0) is 25.5. The van der Waals surface area contributed by atoms with E-state index in [4.69, 9.17) is 4.84 Å². The quantitative estimate of drug-likeness (QED) is 0.562. The van der Waals surface area contributed by atoms with Gasteiger partial charge in [-0.1, -0.05) is 31.0 Å². The van der Waals surface area contributed by atoms with Crippen LogP contribution in [0.4, 0.5) is 16.3 Å². The monoisotopic (exact) mass is 493 g/mol. The van der Waals surface area contributed by atoms with Gasteiger partial charge in [0, 0.05) is 37.8 Å². The van der Waals surface area contributed by atoms with Crippen molar-refractivity contribution >= 4 is 29.4 Å². The van der Waals surface area contributed by atoms with Crippen molar-refractivity contribution in [2.75, 3.05) is 30.4 Å². The maximum atomic E-state index is 13.0. The molecule has 4 rings (SSSR count). The van der Waals surface area contributed by atoms with Crippen LogP contribution in [-0.2, 0) is 21.0 Å². The van der Waals surface area contributed by atoms with E-state index in [1.165, 1.54) is 25.5 Å². The molecule has 1 saturated carbocycles. The zero-order valence-electron chi connectivity index (χ0n) is 21.0. The number of likely N-dealkylation sites (tertiary alicyclic amines) is 1. The number of anilines is 2. The molecular weight excluding hydrogens is 458 g/mol. The fraction of sp³-hybridized carbons (Fsp3) is 0.481. The Balaban J connectivity index is 1.49. The molecule has 1 aromatic heterocycles. The van der Waals surface area contributed by atoms with Crippen LogP contribution in [0.25, 0.3) is 0 Å². The van der Waals surface area contributed by atoms with Crippen molar-refractivity contribution < 1.29 is 19.2 Å². The molecule has 4 amide bonds. The fourth-order valence-electron chi connectivity index (χ4n) is 5.23. The van der Waals surface area contributed by atoms with Crippen molar-refractivity contribution in [3.05, 3.63) is 53.7 Å². The summed E-state index contributed by atoms with van der Waals surface area (Å²) in [6, 6.07) is 11.3. The van der Waals surface area contributed by atoms with Gasteiger partial charge < -0.3 is 10.2 Å². The molecule has 0 bridgehead atoms. The summed E-state index contributed by atoms with van der Waals surface area (Å²) in [6.45, 7) is 3.02. The number of pyridine rings is 1. The number of hydrogen-bond donors (Lipinski definition) is 2. The smallest absolute Gasteiger partial charge is 0.343 e. The van der Waals surface area contributed by atoms with Crippen molar-refractivity contribution in [1.82, 2.24) is 15.4 Å². The Labute approximate surface area is 212 Å². The summed E-state index contributed by atoms with van der Waals surface area (Å²) in [4.78, 5) is 50.1. The molecule has 2 N–H and O–H groups in total. The first-order valence-corrected chi connectivity index (χ1v) is 12.7. The molecule has 2 heterocycles. The number of piperidine rings is 1. The number of aromatic nitrogens is 1. The van der Waals surface area contributed by atoms with E-state index < -0.39 is 0 Å². The Morgan fingerprint density at radius 1 is 1.08 bits per heavy atom. The van der Waals surface area contributed by atoms with E-state index in [1.807, 2.05) is 24.3 Å². The average molecular weight is 494 g/mol. The van der Waals surface area contributed by atoms with Gasteiger partial charge in [-0.15, -0.1) is 0 Å². The summed E-state index contributed by atoms with van der Waals surface area (Å²) < 4.78 is 0. The van der Waals surface area contributed by atoms with Crippen molar-refractivity contribution in [1.29, 1.82) is 0 Å². The second-order valence-electron chi connectivity index (χ2n) is 9.56. The largest absolute Gasteiger partial charge is 0.346 e. The van der Waals surface area contributed by atoms with E-state index in [2.05, 4.69) is 21.8 Å². The van der Waals surface area contributed by atoms with Gasteiger partial charge in [0.25, 0.3) is 0 Å². The summed E-state index contributed by atoms with van der Waals surface area (Å²) >= 11 is 0. The van der Waals surface area contributed by atoms with Gasteiger partial charge in [0.15, 0.2) is 0 Å². The summed E-state index contributed by atoms with van der Waals surface area (Å²) in [6.07, 6.45) is 7.54. The number of hydroxylamine groups is 1. The lowest BCUT2D eigenvalue weighted by molar-refractivity contribution is -0.132. The second-order valence-corrected chi connectivity index (χ2v) is 9.56. The lowest BCUT2D eigenvalue weighted by atomic mass is 9.95. The number of benzene rings is 1. The molecule has 1 aliphatic heterocycles. The van der Waals surface area contributed by atoms with Crippen LogP contribution < -0.4 is 15.7 Å². The predicted molar refractivity (Wildman–Crippen MR) is 137 cm³/mol. The first kappa shape index (κ1) is 25.6. The lowest BCUT2D eigenvalue weighted by Gasteiger charge is -2.30.